The molecule has 0 aromatic heterocycles. The molecule has 1 aliphatic heterocycles. The van der Waals surface area contributed by atoms with Crippen LogP contribution in [0.5, 0.6) is 0 Å². The molecule has 1 N–H and O–H groups in total. The van der Waals surface area contributed by atoms with E-state index in [1.807, 2.05) is 0 Å². The molecular weight excluding hydrogens is 269 g/mol. The summed E-state index contributed by atoms with van der Waals surface area (Å²) in [6.07, 6.45) is 3.68. The number of nitrogens with one attached hydrogen (secondary N) is 1. The van der Waals surface area contributed by atoms with Gasteiger partial charge in [0.25, 0.3) is 5.91 Å². The number of carbonyl (C=O) groups excluding carboxylic acids is 2. The third-order valence-electron chi connectivity index (χ3n) is 3.89. The lowest BCUT2D eigenvalue weighted by Crippen LogP contribution is -2.51. The maximum Gasteiger partial charge on any atom is 0.266 e. The molecule has 0 bridgehead atoms. The van der Waals surface area contributed by atoms with Crippen LogP contribution in [-0.2, 0) is 15.0 Å². The minimum atomic E-state index is -2.22. The van der Waals surface area contributed by atoms with E-state index in [1.54, 1.807) is 30.3 Å². The second-order valence-corrected chi connectivity index (χ2v) is 5.28. The Morgan fingerprint density at radius 3 is 2.53 bits per heavy atom. The molecule has 98 valence electrons. The van der Waals surface area contributed by atoms with Gasteiger partial charge in [-0.05, 0) is 30.5 Å². The Morgan fingerprint density at radius 2 is 1.84 bits per heavy atom. The van der Waals surface area contributed by atoms with Crippen molar-refractivity contribution in [3.8, 4) is 0 Å². The average Bonchev–Trinajstić information content (AvgIpc) is 2.59. The molecule has 3 nitrogen and oxygen atoms in total. The second kappa shape index (κ2) is 3.90. The molecule has 0 saturated carbocycles. The number of fused-ring (bicyclic) bond motifs is 1. The first-order valence-corrected chi connectivity index (χ1v) is 6.37. The molecule has 1 heterocycles. The monoisotopic (exact) mass is 279 g/mol. The highest BCUT2D eigenvalue weighted by molar-refractivity contribution is 6.30. The number of allylic oxidation sites excluding steroid dienone is 1. The molecule has 1 aromatic rings. The highest BCUT2D eigenvalue weighted by atomic mass is 35.5. The number of rotatable bonds is 1. The van der Waals surface area contributed by atoms with Crippen molar-refractivity contribution in [3.63, 3.8) is 0 Å². The standard InChI is InChI=1S/C14H11ClFNO2/c15-10-5-3-9(4-6-10)13-7-1-2-8-14(13,16)12(19)17-11(13)18/h1,3-7H,2,8H2,(H,17,18,19). The van der Waals surface area contributed by atoms with Gasteiger partial charge in [-0.25, -0.2) is 4.39 Å². The summed E-state index contributed by atoms with van der Waals surface area (Å²) in [7, 11) is 0. The van der Waals surface area contributed by atoms with Crippen LogP contribution < -0.4 is 5.32 Å². The largest absolute Gasteiger partial charge is 0.292 e. The fourth-order valence-electron chi connectivity index (χ4n) is 2.89. The number of imide groups is 1. The SMILES string of the molecule is O=C1NC(=O)C2(c3ccc(Cl)cc3)C=CCCC12F. The van der Waals surface area contributed by atoms with Crippen molar-refractivity contribution in [1.82, 2.24) is 5.32 Å². The summed E-state index contributed by atoms with van der Waals surface area (Å²) in [4.78, 5) is 24.0. The Morgan fingerprint density at radius 1 is 1.16 bits per heavy atom. The molecule has 2 unspecified atom stereocenters. The summed E-state index contributed by atoms with van der Waals surface area (Å²) in [5, 5.41) is 2.61. The molecule has 5 heteroatoms. The maximum absolute atomic E-state index is 15.1. The van der Waals surface area contributed by atoms with Gasteiger partial charge in [-0.1, -0.05) is 35.9 Å². The van der Waals surface area contributed by atoms with Crippen molar-refractivity contribution in [3.05, 3.63) is 47.0 Å². The minimum Gasteiger partial charge on any atom is -0.292 e. The molecule has 2 atom stereocenters. The predicted molar refractivity (Wildman–Crippen MR) is 68.5 cm³/mol. The Balaban J connectivity index is 2.25. The van der Waals surface area contributed by atoms with Crippen LogP contribution in [0.15, 0.2) is 36.4 Å². The Labute approximate surface area is 114 Å². The molecule has 1 aromatic carbocycles. The van der Waals surface area contributed by atoms with Crippen molar-refractivity contribution in [2.45, 2.75) is 23.9 Å². The minimum absolute atomic E-state index is 0.00367. The summed E-state index contributed by atoms with van der Waals surface area (Å²) in [6, 6.07) is 6.35. The number of carbonyl (C=O) groups is 2. The Hall–Kier alpha value is -1.68. The van der Waals surface area contributed by atoms with Crippen LogP contribution in [0.3, 0.4) is 0 Å². The van der Waals surface area contributed by atoms with Gasteiger partial charge in [-0.3, -0.25) is 14.9 Å². The maximum atomic E-state index is 15.1. The van der Waals surface area contributed by atoms with Crippen molar-refractivity contribution >= 4 is 23.4 Å². The summed E-state index contributed by atoms with van der Waals surface area (Å²) in [5.74, 6) is -1.46. The van der Waals surface area contributed by atoms with Crippen LogP contribution in [0, 0.1) is 0 Å². The third-order valence-corrected chi connectivity index (χ3v) is 4.15. The van der Waals surface area contributed by atoms with E-state index in [2.05, 4.69) is 5.32 Å². The van der Waals surface area contributed by atoms with Crippen LogP contribution >= 0.6 is 11.6 Å². The van der Waals surface area contributed by atoms with Crippen LogP contribution in [0.2, 0.25) is 5.02 Å². The number of amides is 2. The highest BCUT2D eigenvalue weighted by Gasteiger charge is 2.67. The van der Waals surface area contributed by atoms with Crippen molar-refractivity contribution in [1.29, 1.82) is 0 Å². The van der Waals surface area contributed by atoms with Gasteiger partial charge in [0, 0.05) is 5.02 Å². The van der Waals surface area contributed by atoms with Gasteiger partial charge < -0.3 is 0 Å². The Bertz CT molecular complexity index is 598. The van der Waals surface area contributed by atoms with E-state index in [-0.39, 0.29) is 6.42 Å². The van der Waals surface area contributed by atoms with Gasteiger partial charge in [0.15, 0.2) is 0 Å². The van der Waals surface area contributed by atoms with Crippen molar-refractivity contribution in [2.24, 2.45) is 0 Å². The van der Waals surface area contributed by atoms with Crippen molar-refractivity contribution in [2.75, 3.05) is 0 Å². The lowest BCUT2D eigenvalue weighted by atomic mass is 9.65. The topological polar surface area (TPSA) is 46.2 Å². The van der Waals surface area contributed by atoms with Gasteiger partial charge in [-0.15, -0.1) is 0 Å². The second-order valence-electron chi connectivity index (χ2n) is 4.84. The van der Waals surface area contributed by atoms with Gasteiger partial charge >= 0.3 is 0 Å². The van der Waals surface area contributed by atoms with Crippen molar-refractivity contribution < 1.29 is 14.0 Å². The first-order valence-electron chi connectivity index (χ1n) is 5.99. The van der Waals surface area contributed by atoms with Crippen LogP contribution in [0.1, 0.15) is 18.4 Å². The number of halogens is 2. The molecule has 0 spiro atoms. The smallest absolute Gasteiger partial charge is 0.266 e. The zero-order valence-electron chi connectivity index (χ0n) is 9.95. The van der Waals surface area contributed by atoms with E-state index in [1.165, 1.54) is 6.08 Å². The Kier molecular flexibility index (Phi) is 2.54. The lowest BCUT2D eigenvalue weighted by Gasteiger charge is -2.36. The van der Waals surface area contributed by atoms with Crippen LogP contribution in [0.25, 0.3) is 0 Å². The summed E-state index contributed by atoms with van der Waals surface area (Å²) in [6.45, 7) is 0. The van der Waals surface area contributed by atoms with E-state index in [4.69, 9.17) is 11.6 Å². The molecule has 1 aliphatic carbocycles. The molecule has 0 radical (unpaired) electrons. The molecule has 1 saturated heterocycles. The predicted octanol–water partition coefficient (Wildman–Crippen LogP) is 2.29. The summed E-state index contributed by atoms with van der Waals surface area (Å²) in [5.41, 5.74) is -3.33. The number of hydrogen-bond donors (Lipinski definition) is 1. The molecular formula is C14H11ClFNO2. The van der Waals surface area contributed by atoms with E-state index >= 15 is 4.39 Å². The van der Waals surface area contributed by atoms with E-state index in [0.717, 1.165) is 0 Å². The van der Waals surface area contributed by atoms with E-state index < -0.39 is 22.9 Å². The summed E-state index contributed by atoms with van der Waals surface area (Å²) >= 11 is 5.81. The molecule has 2 aliphatic rings. The highest BCUT2D eigenvalue weighted by Crippen LogP contribution is 2.49. The van der Waals surface area contributed by atoms with Crippen LogP contribution in [-0.4, -0.2) is 17.5 Å². The fraction of sp³-hybridized carbons (Fsp3) is 0.286. The van der Waals surface area contributed by atoms with Gasteiger partial charge in [0.05, 0.1) is 0 Å². The number of hydrogen-bond acceptors (Lipinski definition) is 2. The molecule has 19 heavy (non-hydrogen) atoms. The third kappa shape index (κ3) is 1.43. The number of alkyl halides is 1. The average molecular weight is 280 g/mol. The van der Waals surface area contributed by atoms with Crippen LogP contribution in [0.4, 0.5) is 4.39 Å². The fourth-order valence-corrected chi connectivity index (χ4v) is 3.02. The zero-order valence-corrected chi connectivity index (χ0v) is 10.7. The lowest BCUT2D eigenvalue weighted by molar-refractivity contribution is -0.131. The zero-order chi connectivity index (χ0) is 13.7. The molecule has 1 fully saturated rings. The first kappa shape index (κ1) is 12.4. The van der Waals surface area contributed by atoms with Gasteiger partial charge in [-0.2, -0.15) is 0 Å². The number of benzene rings is 1. The molecule has 3 rings (SSSR count). The quantitative estimate of drug-likeness (QED) is 0.633. The summed E-state index contributed by atoms with van der Waals surface area (Å²) < 4.78 is 15.1. The normalized spacial score (nSPS) is 33.2. The van der Waals surface area contributed by atoms with E-state index in [0.29, 0.717) is 17.0 Å². The van der Waals surface area contributed by atoms with E-state index in [9.17, 15) is 9.59 Å². The van der Waals surface area contributed by atoms with Gasteiger partial charge in [0.2, 0.25) is 11.6 Å². The van der Waals surface area contributed by atoms with Gasteiger partial charge in [0.1, 0.15) is 5.41 Å². The molecule has 2 amide bonds. The first-order chi connectivity index (χ1) is 9.00.